The minimum absolute atomic E-state index is 0.275. The zero-order valence-electron chi connectivity index (χ0n) is 14.8. The molecule has 0 amide bonds. The SMILES string of the molecule is CC(C(=O)O)N(Cc1ccccc1C(F)(F)F)c1ccc(C#N)c(C(F)(F)F)c1. The van der Waals surface area contributed by atoms with Gasteiger partial charge in [-0.05, 0) is 36.8 Å². The van der Waals surface area contributed by atoms with Crippen LogP contribution in [0.25, 0.3) is 0 Å². The minimum atomic E-state index is -4.90. The summed E-state index contributed by atoms with van der Waals surface area (Å²) < 4.78 is 79.5. The van der Waals surface area contributed by atoms with Crippen LogP contribution in [0.2, 0.25) is 0 Å². The Labute approximate surface area is 161 Å². The number of hydrogen-bond acceptors (Lipinski definition) is 3. The second-order valence-corrected chi connectivity index (χ2v) is 6.14. The molecule has 0 aliphatic heterocycles. The number of benzene rings is 2. The van der Waals surface area contributed by atoms with E-state index in [1.165, 1.54) is 12.1 Å². The fourth-order valence-corrected chi connectivity index (χ4v) is 2.75. The molecule has 29 heavy (non-hydrogen) atoms. The Hall–Kier alpha value is -3.22. The van der Waals surface area contributed by atoms with Gasteiger partial charge >= 0.3 is 18.3 Å². The highest BCUT2D eigenvalue weighted by molar-refractivity contribution is 5.78. The number of carboxylic acid groups (broad SMARTS) is 1. The normalized spacial score (nSPS) is 12.9. The summed E-state index contributed by atoms with van der Waals surface area (Å²) in [6.07, 6.45) is -9.63. The average Bonchev–Trinajstić information content (AvgIpc) is 2.63. The fourth-order valence-electron chi connectivity index (χ4n) is 2.75. The van der Waals surface area contributed by atoms with Crippen molar-refractivity contribution in [1.82, 2.24) is 0 Å². The first kappa shape index (κ1) is 22.1. The maximum absolute atomic E-state index is 13.3. The van der Waals surface area contributed by atoms with Crippen LogP contribution in [-0.2, 0) is 23.7 Å². The Morgan fingerprint density at radius 2 is 1.66 bits per heavy atom. The molecule has 0 bridgehead atoms. The van der Waals surface area contributed by atoms with Gasteiger partial charge in [0.1, 0.15) is 6.04 Å². The molecular weight excluding hydrogens is 402 g/mol. The number of rotatable bonds is 5. The molecule has 1 atom stereocenters. The summed E-state index contributed by atoms with van der Waals surface area (Å²) in [5, 5.41) is 18.2. The van der Waals surface area contributed by atoms with Gasteiger partial charge in [0, 0.05) is 12.2 Å². The van der Waals surface area contributed by atoms with E-state index in [0.29, 0.717) is 6.07 Å². The molecule has 0 heterocycles. The Morgan fingerprint density at radius 1 is 1.07 bits per heavy atom. The summed E-state index contributed by atoms with van der Waals surface area (Å²) in [4.78, 5) is 12.4. The van der Waals surface area contributed by atoms with Crippen LogP contribution in [0.4, 0.5) is 32.0 Å². The molecule has 0 radical (unpaired) electrons. The van der Waals surface area contributed by atoms with E-state index in [1.54, 1.807) is 0 Å². The molecule has 1 unspecified atom stereocenters. The van der Waals surface area contributed by atoms with Gasteiger partial charge in [-0.25, -0.2) is 4.79 Å². The van der Waals surface area contributed by atoms with Crippen LogP contribution in [0.15, 0.2) is 42.5 Å². The van der Waals surface area contributed by atoms with Crippen molar-refractivity contribution >= 4 is 11.7 Å². The van der Waals surface area contributed by atoms with Crippen LogP contribution >= 0.6 is 0 Å². The molecule has 0 aliphatic rings. The first-order chi connectivity index (χ1) is 13.4. The van der Waals surface area contributed by atoms with Gasteiger partial charge in [0.2, 0.25) is 0 Å². The summed E-state index contributed by atoms with van der Waals surface area (Å²) in [5.41, 5.74) is -3.58. The number of halogens is 6. The first-order valence-electron chi connectivity index (χ1n) is 8.12. The van der Waals surface area contributed by atoms with Crippen LogP contribution in [0.3, 0.4) is 0 Å². The number of hydrogen-bond donors (Lipinski definition) is 1. The Morgan fingerprint density at radius 3 is 2.17 bits per heavy atom. The molecule has 0 spiro atoms. The maximum Gasteiger partial charge on any atom is 0.417 e. The summed E-state index contributed by atoms with van der Waals surface area (Å²) in [5.74, 6) is -1.44. The summed E-state index contributed by atoms with van der Waals surface area (Å²) in [7, 11) is 0. The van der Waals surface area contributed by atoms with E-state index in [-0.39, 0.29) is 11.3 Å². The smallest absolute Gasteiger partial charge is 0.417 e. The largest absolute Gasteiger partial charge is 0.480 e. The van der Waals surface area contributed by atoms with Crippen LogP contribution in [0.1, 0.15) is 29.2 Å². The summed E-state index contributed by atoms with van der Waals surface area (Å²) in [6, 6.07) is 6.84. The predicted molar refractivity (Wildman–Crippen MR) is 90.9 cm³/mol. The third-order valence-corrected chi connectivity index (χ3v) is 4.25. The second kappa shape index (κ2) is 8.03. The Kier molecular flexibility index (Phi) is 6.11. The molecule has 0 aromatic heterocycles. The fraction of sp³-hybridized carbons (Fsp3) is 0.263. The van der Waals surface area contributed by atoms with Crippen LogP contribution in [-0.4, -0.2) is 17.1 Å². The van der Waals surface area contributed by atoms with Crippen molar-refractivity contribution in [3.8, 4) is 6.07 Å². The molecule has 0 aliphatic carbocycles. The van der Waals surface area contributed by atoms with Crippen molar-refractivity contribution in [3.05, 3.63) is 64.7 Å². The van der Waals surface area contributed by atoms with E-state index in [9.17, 15) is 36.2 Å². The van der Waals surface area contributed by atoms with Gasteiger partial charge in [-0.3, -0.25) is 0 Å². The second-order valence-electron chi connectivity index (χ2n) is 6.14. The van der Waals surface area contributed by atoms with Crippen molar-refractivity contribution < 1.29 is 36.2 Å². The van der Waals surface area contributed by atoms with Gasteiger partial charge in [-0.2, -0.15) is 31.6 Å². The van der Waals surface area contributed by atoms with E-state index in [0.717, 1.165) is 42.2 Å². The van der Waals surface area contributed by atoms with Crippen molar-refractivity contribution in [1.29, 1.82) is 5.26 Å². The molecule has 0 fully saturated rings. The number of alkyl halides is 6. The molecule has 1 N–H and O–H groups in total. The Balaban J connectivity index is 2.60. The van der Waals surface area contributed by atoms with E-state index in [2.05, 4.69) is 0 Å². The molecule has 2 aromatic rings. The van der Waals surface area contributed by atoms with Crippen molar-refractivity contribution in [2.75, 3.05) is 4.90 Å². The summed E-state index contributed by atoms with van der Waals surface area (Å²) >= 11 is 0. The van der Waals surface area contributed by atoms with Gasteiger partial charge in [0.25, 0.3) is 0 Å². The van der Waals surface area contributed by atoms with Crippen molar-refractivity contribution in [3.63, 3.8) is 0 Å². The van der Waals surface area contributed by atoms with Crippen molar-refractivity contribution in [2.24, 2.45) is 0 Å². The molecule has 2 rings (SSSR count). The quantitative estimate of drug-likeness (QED) is 0.691. The van der Waals surface area contributed by atoms with E-state index in [1.807, 2.05) is 0 Å². The minimum Gasteiger partial charge on any atom is -0.480 e. The lowest BCUT2D eigenvalue weighted by Crippen LogP contribution is -2.39. The van der Waals surface area contributed by atoms with E-state index >= 15 is 0 Å². The van der Waals surface area contributed by atoms with Gasteiger partial charge in [-0.15, -0.1) is 0 Å². The lowest BCUT2D eigenvalue weighted by atomic mass is 10.0. The van der Waals surface area contributed by atoms with Crippen LogP contribution in [0, 0.1) is 11.3 Å². The van der Waals surface area contributed by atoms with E-state index in [4.69, 9.17) is 5.26 Å². The van der Waals surface area contributed by atoms with Crippen LogP contribution < -0.4 is 4.90 Å². The first-order valence-corrected chi connectivity index (χ1v) is 8.12. The highest BCUT2D eigenvalue weighted by Gasteiger charge is 2.36. The molecule has 154 valence electrons. The molecule has 0 saturated heterocycles. The van der Waals surface area contributed by atoms with Gasteiger partial charge in [0.15, 0.2) is 0 Å². The number of aliphatic carboxylic acids is 1. The zero-order valence-corrected chi connectivity index (χ0v) is 14.8. The zero-order chi connectivity index (χ0) is 22.0. The Bertz CT molecular complexity index is 947. The van der Waals surface area contributed by atoms with E-state index < -0.39 is 47.6 Å². The standard InChI is InChI=1S/C19H14F6N2O2/c1-11(17(28)29)27(10-13-4-2-3-5-15(13)18(20,21)22)14-7-6-12(9-26)16(8-14)19(23,24)25/h2-8,11H,10H2,1H3,(H,28,29). The molecule has 10 heteroatoms. The number of carbonyl (C=O) groups is 1. The van der Waals surface area contributed by atoms with Crippen LogP contribution in [0.5, 0.6) is 0 Å². The number of nitriles is 1. The molecule has 0 saturated carbocycles. The topological polar surface area (TPSA) is 64.3 Å². The third kappa shape index (κ3) is 4.99. The molecular formula is C19H14F6N2O2. The number of carboxylic acids is 1. The number of nitrogens with zero attached hydrogens (tertiary/aromatic N) is 2. The number of anilines is 1. The predicted octanol–water partition coefficient (Wildman–Crippen LogP) is 5.08. The highest BCUT2D eigenvalue weighted by Crippen LogP contribution is 2.37. The lowest BCUT2D eigenvalue weighted by molar-refractivity contribution is -0.138. The third-order valence-electron chi connectivity index (χ3n) is 4.25. The maximum atomic E-state index is 13.3. The monoisotopic (exact) mass is 416 g/mol. The molecule has 4 nitrogen and oxygen atoms in total. The average molecular weight is 416 g/mol. The van der Waals surface area contributed by atoms with Gasteiger partial charge in [-0.1, -0.05) is 18.2 Å². The van der Waals surface area contributed by atoms with Gasteiger partial charge < -0.3 is 10.0 Å². The highest BCUT2D eigenvalue weighted by atomic mass is 19.4. The lowest BCUT2D eigenvalue weighted by Gasteiger charge is -2.30. The van der Waals surface area contributed by atoms with Gasteiger partial charge in [0.05, 0.1) is 22.8 Å². The molecule has 2 aromatic carbocycles. The summed E-state index contributed by atoms with van der Waals surface area (Å²) in [6.45, 7) is 0.538. The van der Waals surface area contributed by atoms with Crippen molar-refractivity contribution in [2.45, 2.75) is 31.9 Å².